The Morgan fingerprint density at radius 2 is 2.14 bits per heavy atom. The smallest absolute Gasteiger partial charge is 0.227 e. The number of thioether (sulfide) groups is 1. The Kier molecular flexibility index (Phi) is 6.54. The van der Waals surface area contributed by atoms with Crippen LogP contribution in [-0.4, -0.2) is 30.9 Å². The largest absolute Gasteiger partial charge is 0.380 e. The number of rotatable bonds is 7. The Bertz CT molecular complexity index is 457. The third-order valence-electron chi connectivity index (χ3n) is 3.77. The monoisotopic (exact) mass is 308 g/mol. The summed E-state index contributed by atoms with van der Waals surface area (Å²) in [5.41, 5.74) is 6.45. The quantitative estimate of drug-likeness (QED) is 0.812. The third kappa shape index (κ3) is 5.02. The van der Waals surface area contributed by atoms with Crippen LogP contribution in [-0.2, 0) is 9.53 Å². The molecule has 1 amide bonds. The summed E-state index contributed by atoms with van der Waals surface area (Å²) >= 11 is 1.88. The molecule has 0 heterocycles. The van der Waals surface area contributed by atoms with Crippen LogP contribution in [0.25, 0.3) is 0 Å². The van der Waals surface area contributed by atoms with E-state index in [2.05, 4.69) is 11.4 Å². The Hall–Kier alpha value is -1.04. The number of hydrogen-bond acceptors (Lipinski definition) is 4. The number of nitrogens with one attached hydrogen (secondary N) is 1. The zero-order valence-electron chi connectivity index (χ0n) is 12.5. The number of anilines is 1. The fourth-order valence-electron chi connectivity index (χ4n) is 2.53. The van der Waals surface area contributed by atoms with Crippen molar-refractivity contribution in [1.29, 1.82) is 0 Å². The van der Waals surface area contributed by atoms with Crippen LogP contribution in [0.4, 0.5) is 5.69 Å². The van der Waals surface area contributed by atoms with Crippen LogP contribution < -0.4 is 11.1 Å². The lowest BCUT2D eigenvalue weighted by molar-refractivity contribution is -0.118. The van der Waals surface area contributed by atoms with Gasteiger partial charge in [-0.15, -0.1) is 11.8 Å². The van der Waals surface area contributed by atoms with E-state index in [1.54, 1.807) is 7.11 Å². The van der Waals surface area contributed by atoms with Gasteiger partial charge >= 0.3 is 0 Å². The summed E-state index contributed by atoms with van der Waals surface area (Å²) in [6.45, 7) is 0.350. The number of carbonyl (C=O) groups is 1. The molecule has 2 rings (SSSR count). The van der Waals surface area contributed by atoms with Gasteiger partial charge in [-0.25, -0.2) is 0 Å². The van der Waals surface area contributed by atoms with E-state index in [0.29, 0.717) is 11.8 Å². The van der Waals surface area contributed by atoms with Gasteiger partial charge in [0.15, 0.2) is 0 Å². The van der Waals surface area contributed by atoms with Gasteiger partial charge in [-0.1, -0.05) is 25.0 Å². The van der Waals surface area contributed by atoms with Crippen LogP contribution >= 0.6 is 11.8 Å². The first-order valence-corrected chi connectivity index (χ1v) is 8.39. The van der Waals surface area contributed by atoms with Crippen molar-refractivity contribution < 1.29 is 9.53 Å². The zero-order valence-corrected chi connectivity index (χ0v) is 13.3. The van der Waals surface area contributed by atoms with E-state index in [-0.39, 0.29) is 18.4 Å². The fourth-order valence-corrected chi connectivity index (χ4v) is 3.86. The maximum absolute atomic E-state index is 12.1. The third-order valence-corrected chi connectivity index (χ3v) is 5.18. The maximum atomic E-state index is 12.1. The minimum atomic E-state index is -0.223. The molecule has 1 aliphatic carbocycles. The lowest BCUT2D eigenvalue weighted by Gasteiger charge is -2.16. The average molecular weight is 308 g/mol. The number of methoxy groups -OCH3 is 1. The highest BCUT2D eigenvalue weighted by molar-refractivity contribution is 8.00. The Labute approximate surface area is 130 Å². The van der Waals surface area contributed by atoms with E-state index in [4.69, 9.17) is 10.5 Å². The SMILES string of the molecule is COC(CN)CC(=O)Nc1ccccc1SC1CCCC1. The standard InChI is InChI=1S/C16H24N2O2S/c1-20-12(11-17)10-16(19)18-14-8-4-5-9-15(14)21-13-6-2-3-7-13/h4-5,8-9,12-13H,2-3,6-7,10-11,17H2,1H3,(H,18,19). The molecule has 116 valence electrons. The number of hydrogen-bond donors (Lipinski definition) is 2. The van der Waals surface area contributed by atoms with Crippen molar-refractivity contribution in [2.75, 3.05) is 19.0 Å². The minimum Gasteiger partial charge on any atom is -0.380 e. The Morgan fingerprint density at radius 1 is 1.43 bits per heavy atom. The van der Waals surface area contributed by atoms with Gasteiger partial charge < -0.3 is 15.8 Å². The van der Waals surface area contributed by atoms with Gasteiger partial charge in [-0.2, -0.15) is 0 Å². The van der Waals surface area contributed by atoms with Crippen molar-refractivity contribution in [2.45, 2.75) is 48.4 Å². The molecule has 1 unspecified atom stereocenters. The summed E-state index contributed by atoms with van der Waals surface area (Å²) < 4.78 is 5.15. The van der Waals surface area contributed by atoms with Crippen molar-refractivity contribution >= 4 is 23.4 Å². The van der Waals surface area contributed by atoms with E-state index in [9.17, 15) is 4.79 Å². The summed E-state index contributed by atoms with van der Waals surface area (Å²) in [4.78, 5) is 13.2. The first kappa shape index (κ1) is 16.3. The second-order valence-corrected chi connectivity index (χ2v) is 6.71. The van der Waals surface area contributed by atoms with E-state index in [1.165, 1.54) is 25.7 Å². The summed E-state index contributed by atoms with van der Waals surface area (Å²) in [5, 5.41) is 3.67. The maximum Gasteiger partial charge on any atom is 0.227 e. The molecule has 1 saturated carbocycles. The molecule has 0 aromatic heterocycles. The number of ether oxygens (including phenoxy) is 1. The van der Waals surface area contributed by atoms with Crippen molar-refractivity contribution in [2.24, 2.45) is 5.73 Å². The highest BCUT2D eigenvalue weighted by Gasteiger charge is 2.18. The van der Waals surface area contributed by atoms with Gasteiger partial charge in [0.25, 0.3) is 0 Å². The van der Waals surface area contributed by atoms with E-state index < -0.39 is 0 Å². The molecule has 4 nitrogen and oxygen atoms in total. The van der Waals surface area contributed by atoms with Crippen molar-refractivity contribution in [1.82, 2.24) is 0 Å². The predicted molar refractivity (Wildman–Crippen MR) is 87.7 cm³/mol. The lowest BCUT2D eigenvalue weighted by Crippen LogP contribution is -2.28. The van der Waals surface area contributed by atoms with Crippen LogP contribution in [0.5, 0.6) is 0 Å². The molecule has 1 aromatic rings. The number of para-hydroxylation sites is 1. The van der Waals surface area contributed by atoms with Gasteiger partial charge in [-0.05, 0) is 25.0 Å². The topological polar surface area (TPSA) is 64.3 Å². The highest BCUT2D eigenvalue weighted by atomic mass is 32.2. The first-order valence-electron chi connectivity index (χ1n) is 7.51. The van der Waals surface area contributed by atoms with Crippen molar-refractivity contribution in [3.63, 3.8) is 0 Å². The van der Waals surface area contributed by atoms with Crippen LogP contribution in [0.3, 0.4) is 0 Å². The molecule has 1 aliphatic rings. The van der Waals surface area contributed by atoms with Crippen LogP contribution in [0.1, 0.15) is 32.1 Å². The van der Waals surface area contributed by atoms with Crippen LogP contribution in [0.2, 0.25) is 0 Å². The molecule has 0 spiro atoms. The molecular formula is C16H24N2O2S. The average Bonchev–Trinajstić information content (AvgIpc) is 3.00. The fraction of sp³-hybridized carbons (Fsp3) is 0.562. The van der Waals surface area contributed by atoms with E-state index in [1.807, 2.05) is 30.0 Å². The number of amides is 1. The summed E-state index contributed by atoms with van der Waals surface area (Å²) in [7, 11) is 1.58. The van der Waals surface area contributed by atoms with Gasteiger partial charge in [-0.3, -0.25) is 4.79 Å². The van der Waals surface area contributed by atoms with E-state index >= 15 is 0 Å². The molecule has 0 bridgehead atoms. The Morgan fingerprint density at radius 3 is 2.81 bits per heavy atom. The molecule has 0 aliphatic heterocycles. The van der Waals surface area contributed by atoms with Crippen LogP contribution in [0, 0.1) is 0 Å². The second kappa shape index (κ2) is 8.41. The normalized spacial score (nSPS) is 16.9. The van der Waals surface area contributed by atoms with Crippen LogP contribution in [0.15, 0.2) is 29.2 Å². The van der Waals surface area contributed by atoms with E-state index in [0.717, 1.165) is 10.6 Å². The second-order valence-electron chi connectivity index (χ2n) is 5.37. The molecule has 5 heteroatoms. The van der Waals surface area contributed by atoms with Crippen molar-refractivity contribution in [3.8, 4) is 0 Å². The minimum absolute atomic E-state index is 0.0493. The molecule has 3 N–H and O–H groups in total. The summed E-state index contributed by atoms with van der Waals surface area (Å²) in [6.07, 6.45) is 5.24. The van der Waals surface area contributed by atoms with Crippen molar-refractivity contribution in [3.05, 3.63) is 24.3 Å². The summed E-state index contributed by atoms with van der Waals surface area (Å²) in [5.74, 6) is -0.0493. The lowest BCUT2D eigenvalue weighted by atomic mass is 10.2. The van der Waals surface area contributed by atoms with Gasteiger partial charge in [0.1, 0.15) is 0 Å². The zero-order chi connectivity index (χ0) is 15.1. The highest BCUT2D eigenvalue weighted by Crippen LogP contribution is 2.38. The number of benzene rings is 1. The summed E-state index contributed by atoms with van der Waals surface area (Å²) in [6, 6.07) is 8.00. The first-order chi connectivity index (χ1) is 10.2. The Balaban J connectivity index is 1.97. The predicted octanol–water partition coefficient (Wildman–Crippen LogP) is 3.02. The molecule has 1 atom stereocenters. The van der Waals surface area contributed by atoms with Gasteiger partial charge in [0, 0.05) is 23.8 Å². The van der Waals surface area contributed by atoms with Gasteiger partial charge in [0.2, 0.25) is 5.91 Å². The molecule has 1 fully saturated rings. The molecule has 0 saturated heterocycles. The molecular weight excluding hydrogens is 284 g/mol. The number of nitrogens with two attached hydrogens (primary N) is 1. The molecule has 0 radical (unpaired) electrons. The molecule has 1 aromatic carbocycles. The van der Waals surface area contributed by atoms with Gasteiger partial charge in [0.05, 0.1) is 18.2 Å². The number of carbonyl (C=O) groups excluding carboxylic acids is 1. The molecule has 21 heavy (non-hydrogen) atoms.